The highest BCUT2D eigenvalue weighted by Gasteiger charge is 2.14. The van der Waals surface area contributed by atoms with Gasteiger partial charge in [0.1, 0.15) is 6.07 Å². The summed E-state index contributed by atoms with van der Waals surface area (Å²) in [5.41, 5.74) is 4.32. The summed E-state index contributed by atoms with van der Waals surface area (Å²) in [5, 5.41) is 13.8. The van der Waals surface area contributed by atoms with Crippen molar-refractivity contribution in [1.29, 1.82) is 5.26 Å². The van der Waals surface area contributed by atoms with Crippen LogP contribution in [0.4, 0.5) is 0 Å². The SMILES string of the molecule is COc1cc(-c2cc(=O)n(C)cc2-c2cnn(-c3ccccc3C#N)c2)ccn1. The van der Waals surface area contributed by atoms with Crippen LogP contribution in [-0.4, -0.2) is 26.4 Å². The second-order valence-electron chi connectivity index (χ2n) is 6.44. The van der Waals surface area contributed by atoms with E-state index in [0.717, 1.165) is 22.3 Å². The van der Waals surface area contributed by atoms with E-state index in [0.29, 0.717) is 17.1 Å². The Morgan fingerprint density at radius 1 is 1.07 bits per heavy atom. The molecule has 0 spiro atoms. The van der Waals surface area contributed by atoms with E-state index in [1.54, 1.807) is 55.6 Å². The molecule has 0 fully saturated rings. The van der Waals surface area contributed by atoms with Crippen molar-refractivity contribution in [2.75, 3.05) is 7.11 Å². The minimum Gasteiger partial charge on any atom is -0.481 e. The molecule has 0 bridgehead atoms. The highest BCUT2D eigenvalue weighted by molar-refractivity contribution is 5.82. The molecule has 0 aliphatic heterocycles. The van der Waals surface area contributed by atoms with Crippen molar-refractivity contribution in [1.82, 2.24) is 19.3 Å². The first kappa shape index (κ1) is 18.2. The van der Waals surface area contributed by atoms with Gasteiger partial charge in [-0.1, -0.05) is 12.1 Å². The third kappa shape index (κ3) is 3.39. The van der Waals surface area contributed by atoms with E-state index in [1.165, 1.54) is 4.57 Å². The minimum atomic E-state index is -0.123. The largest absolute Gasteiger partial charge is 0.481 e. The van der Waals surface area contributed by atoms with Crippen molar-refractivity contribution in [2.24, 2.45) is 7.05 Å². The lowest BCUT2D eigenvalue weighted by molar-refractivity contribution is 0.398. The van der Waals surface area contributed by atoms with E-state index in [2.05, 4.69) is 16.2 Å². The van der Waals surface area contributed by atoms with Crippen LogP contribution < -0.4 is 10.3 Å². The van der Waals surface area contributed by atoms with Gasteiger partial charge in [-0.05, 0) is 29.3 Å². The Bertz CT molecular complexity index is 1300. The van der Waals surface area contributed by atoms with E-state index in [4.69, 9.17) is 4.74 Å². The molecular weight excluding hydrogens is 366 g/mol. The van der Waals surface area contributed by atoms with Gasteiger partial charge in [0.25, 0.3) is 5.56 Å². The van der Waals surface area contributed by atoms with Crippen molar-refractivity contribution >= 4 is 0 Å². The van der Waals surface area contributed by atoms with Crippen LogP contribution in [0.25, 0.3) is 27.9 Å². The Balaban J connectivity index is 1.88. The van der Waals surface area contributed by atoms with Crippen molar-refractivity contribution in [3.8, 4) is 39.9 Å². The molecule has 7 heteroatoms. The van der Waals surface area contributed by atoms with Crippen LogP contribution in [0.15, 0.2) is 72.0 Å². The lowest BCUT2D eigenvalue weighted by atomic mass is 9.99. The first-order valence-electron chi connectivity index (χ1n) is 8.86. The summed E-state index contributed by atoms with van der Waals surface area (Å²) in [5.74, 6) is 0.466. The van der Waals surface area contributed by atoms with Gasteiger partial charge in [0, 0.05) is 48.9 Å². The molecule has 0 N–H and O–H groups in total. The summed E-state index contributed by atoms with van der Waals surface area (Å²) in [6, 6.07) is 14.6. The van der Waals surface area contributed by atoms with Crippen LogP contribution in [0, 0.1) is 11.3 Å². The second-order valence-corrected chi connectivity index (χ2v) is 6.44. The summed E-state index contributed by atoms with van der Waals surface area (Å²) < 4.78 is 8.41. The van der Waals surface area contributed by atoms with Gasteiger partial charge in [-0.15, -0.1) is 0 Å². The Hall–Kier alpha value is -4.18. The number of hydrogen-bond donors (Lipinski definition) is 0. The first-order valence-corrected chi connectivity index (χ1v) is 8.86. The fourth-order valence-electron chi connectivity index (χ4n) is 3.15. The molecule has 0 aliphatic rings. The maximum absolute atomic E-state index is 12.3. The number of pyridine rings is 2. The number of rotatable bonds is 4. The molecule has 4 rings (SSSR count). The average Bonchev–Trinajstić information content (AvgIpc) is 3.25. The Labute approximate surface area is 167 Å². The highest BCUT2D eigenvalue weighted by Crippen LogP contribution is 2.32. The van der Waals surface area contributed by atoms with Gasteiger partial charge in [0.05, 0.1) is 24.6 Å². The number of ether oxygens (including phenoxy) is 1. The molecule has 4 aromatic rings. The summed E-state index contributed by atoms with van der Waals surface area (Å²) in [6.45, 7) is 0. The summed E-state index contributed by atoms with van der Waals surface area (Å²) in [7, 11) is 3.26. The van der Waals surface area contributed by atoms with Crippen LogP contribution in [0.5, 0.6) is 5.88 Å². The van der Waals surface area contributed by atoms with Gasteiger partial charge in [-0.2, -0.15) is 10.4 Å². The fraction of sp³-hybridized carbons (Fsp3) is 0.0909. The van der Waals surface area contributed by atoms with E-state index in [1.807, 2.05) is 30.5 Å². The van der Waals surface area contributed by atoms with Gasteiger partial charge in [0.15, 0.2) is 0 Å². The van der Waals surface area contributed by atoms with Crippen LogP contribution in [0.2, 0.25) is 0 Å². The molecule has 0 radical (unpaired) electrons. The molecule has 0 unspecified atom stereocenters. The lowest BCUT2D eigenvalue weighted by Crippen LogP contribution is -2.15. The normalized spacial score (nSPS) is 10.5. The van der Waals surface area contributed by atoms with Gasteiger partial charge >= 0.3 is 0 Å². The minimum absolute atomic E-state index is 0.123. The summed E-state index contributed by atoms with van der Waals surface area (Å²) >= 11 is 0. The summed E-state index contributed by atoms with van der Waals surface area (Å²) in [4.78, 5) is 16.5. The molecular formula is C22H17N5O2. The number of hydrogen-bond acceptors (Lipinski definition) is 5. The predicted octanol–water partition coefficient (Wildman–Crippen LogP) is 3.18. The Morgan fingerprint density at radius 2 is 1.90 bits per heavy atom. The zero-order chi connectivity index (χ0) is 20.4. The highest BCUT2D eigenvalue weighted by atomic mass is 16.5. The quantitative estimate of drug-likeness (QED) is 0.540. The molecule has 3 heterocycles. The number of methoxy groups -OCH3 is 1. The standard InChI is InChI=1S/C22H17N5O2/c1-26-14-19(18(10-22(26)28)15-7-8-24-21(9-15)29-2)17-12-25-27(13-17)20-6-4-3-5-16(20)11-23/h3-10,12-14H,1-2H3. The molecule has 7 nitrogen and oxygen atoms in total. The molecule has 0 saturated carbocycles. The maximum atomic E-state index is 12.3. The van der Waals surface area contributed by atoms with Crippen LogP contribution in [0.3, 0.4) is 0 Å². The maximum Gasteiger partial charge on any atom is 0.250 e. The monoisotopic (exact) mass is 383 g/mol. The van der Waals surface area contributed by atoms with Gasteiger partial charge in [-0.3, -0.25) is 4.79 Å². The second kappa shape index (κ2) is 7.44. The van der Waals surface area contributed by atoms with Crippen LogP contribution >= 0.6 is 0 Å². The van der Waals surface area contributed by atoms with Crippen molar-refractivity contribution in [3.63, 3.8) is 0 Å². The van der Waals surface area contributed by atoms with E-state index in [9.17, 15) is 10.1 Å². The third-order valence-electron chi connectivity index (χ3n) is 4.65. The van der Waals surface area contributed by atoms with Gasteiger partial charge in [-0.25, -0.2) is 9.67 Å². The third-order valence-corrected chi connectivity index (χ3v) is 4.65. The van der Waals surface area contributed by atoms with Gasteiger partial charge < -0.3 is 9.30 Å². The van der Waals surface area contributed by atoms with E-state index < -0.39 is 0 Å². The smallest absolute Gasteiger partial charge is 0.250 e. The van der Waals surface area contributed by atoms with Crippen LogP contribution in [0.1, 0.15) is 5.56 Å². The molecule has 29 heavy (non-hydrogen) atoms. The predicted molar refractivity (Wildman–Crippen MR) is 109 cm³/mol. The number of nitrogens with zero attached hydrogens (tertiary/aromatic N) is 5. The van der Waals surface area contributed by atoms with Crippen molar-refractivity contribution < 1.29 is 4.74 Å². The zero-order valence-electron chi connectivity index (χ0n) is 15.9. The molecule has 0 atom stereocenters. The molecule has 142 valence electrons. The lowest BCUT2D eigenvalue weighted by Gasteiger charge is -2.11. The Kier molecular flexibility index (Phi) is 4.67. The summed E-state index contributed by atoms with van der Waals surface area (Å²) in [6.07, 6.45) is 6.98. The van der Waals surface area contributed by atoms with Gasteiger partial charge in [0.2, 0.25) is 5.88 Å². The number of nitriles is 1. The molecule has 3 aromatic heterocycles. The number of aryl methyl sites for hydroxylation is 1. The topological polar surface area (TPSA) is 85.7 Å². The molecule has 0 amide bonds. The van der Waals surface area contributed by atoms with Crippen molar-refractivity contribution in [3.05, 3.63) is 83.2 Å². The zero-order valence-corrected chi connectivity index (χ0v) is 15.9. The number of para-hydroxylation sites is 1. The molecule has 1 aromatic carbocycles. The average molecular weight is 383 g/mol. The van der Waals surface area contributed by atoms with E-state index >= 15 is 0 Å². The number of benzene rings is 1. The van der Waals surface area contributed by atoms with Crippen molar-refractivity contribution in [2.45, 2.75) is 0 Å². The molecule has 0 saturated heterocycles. The van der Waals surface area contributed by atoms with E-state index in [-0.39, 0.29) is 5.56 Å². The first-order chi connectivity index (χ1) is 14.1. The fourth-order valence-corrected chi connectivity index (χ4v) is 3.15. The Morgan fingerprint density at radius 3 is 2.69 bits per heavy atom. The molecule has 0 aliphatic carbocycles. The number of aromatic nitrogens is 4. The van der Waals surface area contributed by atoms with Crippen LogP contribution in [-0.2, 0) is 7.05 Å².